The van der Waals surface area contributed by atoms with Crippen molar-refractivity contribution in [3.05, 3.63) is 28.7 Å². The van der Waals surface area contributed by atoms with Crippen molar-refractivity contribution in [3.8, 4) is 0 Å². The standard InChI is InChI=1S/C11H15BrN2O2S/c1-8(13)6-17(16)7-11(15)14-10-4-2-9(12)3-5-10/h2-5,8H,6-7,13H2,1H3,(H,14,15). The Morgan fingerprint density at radius 1 is 1.47 bits per heavy atom. The van der Waals surface area contributed by atoms with Crippen LogP contribution in [0.25, 0.3) is 0 Å². The number of anilines is 1. The van der Waals surface area contributed by atoms with E-state index < -0.39 is 10.8 Å². The number of benzene rings is 1. The molecular weight excluding hydrogens is 304 g/mol. The summed E-state index contributed by atoms with van der Waals surface area (Å²) in [5, 5.41) is 2.68. The zero-order valence-corrected chi connectivity index (χ0v) is 11.9. The van der Waals surface area contributed by atoms with Gasteiger partial charge in [-0.05, 0) is 31.2 Å². The molecule has 0 radical (unpaired) electrons. The molecule has 1 aromatic rings. The zero-order valence-electron chi connectivity index (χ0n) is 9.48. The average molecular weight is 319 g/mol. The molecule has 0 aliphatic rings. The van der Waals surface area contributed by atoms with Crippen LogP contribution in [0.5, 0.6) is 0 Å². The number of amides is 1. The van der Waals surface area contributed by atoms with Gasteiger partial charge in [0.1, 0.15) is 5.75 Å². The van der Waals surface area contributed by atoms with Gasteiger partial charge in [-0.15, -0.1) is 0 Å². The fourth-order valence-electron chi connectivity index (χ4n) is 1.23. The fourth-order valence-corrected chi connectivity index (χ4v) is 2.56. The summed E-state index contributed by atoms with van der Waals surface area (Å²) in [4.78, 5) is 11.5. The number of rotatable bonds is 5. The monoisotopic (exact) mass is 318 g/mol. The molecule has 1 rings (SSSR count). The largest absolute Gasteiger partial charge is 0.327 e. The molecule has 1 aromatic carbocycles. The summed E-state index contributed by atoms with van der Waals surface area (Å²) in [5.74, 6) is 0.0667. The van der Waals surface area contributed by atoms with Crippen LogP contribution < -0.4 is 11.1 Å². The lowest BCUT2D eigenvalue weighted by Crippen LogP contribution is -2.28. The van der Waals surface area contributed by atoms with Crippen molar-refractivity contribution in [3.63, 3.8) is 0 Å². The van der Waals surface area contributed by atoms with Crippen LogP contribution in [0.4, 0.5) is 5.69 Å². The first kappa shape index (κ1) is 14.3. The van der Waals surface area contributed by atoms with E-state index in [9.17, 15) is 9.00 Å². The van der Waals surface area contributed by atoms with Gasteiger partial charge in [0.05, 0.1) is 0 Å². The second-order valence-corrected chi connectivity index (χ2v) is 6.20. The van der Waals surface area contributed by atoms with Crippen LogP contribution in [0.2, 0.25) is 0 Å². The van der Waals surface area contributed by atoms with E-state index in [1.165, 1.54) is 0 Å². The SMILES string of the molecule is CC(N)CS(=O)CC(=O)Nc1ccc(Br)cc1. The molecule has 0 aliphatic heterocycles. The van der Waals surface area contributed by atoms with E-state index in [4.69, 9.17) is 5.73 Å². The third-order valence-electron chi connectivity index (χ3n) is 1.87. The first-order chi connectivity index (χ1) is 7.97. The van der Waals surface area contributed by atoms with Crippen molar-refractivity contribution in [1.82, 2.24) is 0 Å². The Morgan fingerprint density at radius 3 is 2.59 bits per heavy atom. The van der Waals surface area contributed by atoms with Crippen molar-refractivity contribution in [1.29, 1.82) is 0 Å². The Bertz CT molecular complexity index is 406. The number of halogens is 1. The first-order valence-corrected chi connectivity index (χ1v) is 7.41. The highest BCUT2D eigenvalue weighted by molar-refractivity contribution is 9.10. The lowest BCUT2D eigenvalue weighted by Gasteiger charge is -2.07. The molecular formula is C11H15BrN2O2S. The van der Waals surface area contributed by atoms with E-state index in [1.807, 2.05) is 12.1 Å². The highest BCUT2D eigenvalue weighted by Gasteiger charge is 2.09. The lowest BCUT2D eigenvalue weighted by atomic mass is 10.3. The molecule has 0 heterocycles. The maximum absolute atomic E-state index is 11.5. The van der Waals surface area contributed by atoms with Crippen molar-refractivity contribution in [2.45, 2.75) is 13.0 Å². The van der Waals surface area contributed by atoms with E-state index in [2.05, 4.69) is 21.2 Å². The predicted molar refractivity (Wildman–Crippen MR) is 74.3 cm³/mol. The Labute approximate surface area is 112 Å². The van der Waals surface area contributed by atoms with Crippen molar-refractivity contribution in [2.24, 2.45) is 5.73 Å². The smallest absolute Gasteiger partial charge is 0.236 e. The van der Waals surface area contributed by atoms with Gasteiger partial charge in [0.2, 0.25) is 5.91 Å². The molecule has 0 bridgehead atoms. The molecule has 2 unspecified atom stereocenters. The number of nitrogens with one attached hydrogen (secondary N) is 1. The molecule has 3 N–H and O–H groups in total. The minimum absolute atomic E-state index is 0.0163. The number of carbonyl (C=O) groups excluding carboxylic acids is 1. The molecule has 0 aromatic heterocycles. The van der Waals surface area contributed by atoms with Gasteiger partial charge in [0.15, 0.2) is 0 Å². The molecule has 2 atom stereocenters. The molecule has 4 nitrogen and oxygen atoms in total. The predicted octanol–water partition coefficient (Wildman–Crippen LogP) is 1.48. The maximum atomic E-state index is 11.5. The van der Waals surface area contributed by atoms with Gasteiger partial charge in [-0.1, -0.05) is 15.9 Å². The van der Waals surface area contributed by atoms with Crippen LogP contribution in [0.1, 0.15) is 6.92 Å². The quantitative estimate of drug-likeness (QED) is 0.863. The highest BCUT2D eigenvalue weighted by Crippen LogP contribution is 2.13. The maximum Gasteiger partial charge on any atom is 0.236 e. The molecule has 0 aliphatic carbocycles. The minimum atomic E-state index is -1.20. The Hall–Kier alpha value is -0.720. The third kappa shape index (κ3) is 5.95. The van der Waals surface area contributed by atoms with E-state index >= 15 is 0 Å². The summed E-state index contributed by atoms with van der Waals surface area (Å²) in [7, 11) is -1.20. The molecule has 1 amide bonds. The summed E-state index contributed by atoms with van der Waals surface area (Å²) < 4.78 is 12.4. The number of hydrogen-bond donors (Lipinski definition) is 2. The van der Waals surface area contributed by atoms with Gasteiger partial charge in [-0.25, -0.2) is 0 Å². The average Bonchev–Trinajstić information content (AvgIpc) is 2.19. The summed E-state index contributed by atoms with van der Waals surface area (Å²) in [5.41, 5.74) is 6.20. The molecule has 6 heteroatoms. The second-order valence-electron chi connectivity index (χ2n) is 3.78. The Kier molecular flexibility index (Phi) is 5.80. The van der Waals surface area contributed by atoms with E-state index in [0.717, 1.165) is 4.47 Å². The Morgan fingerprint density at radius 2 is 2.06 bits per heavy atom. The molecule has 0 saturated heterocycles. The van der Waals surface area contributed by atoms with Crippen molar-refractivity contribution >= 4 is 38.3 Å². The van der Waals surface area contributed by atoms with Crippen LogP contribution in [0, 0.1) is 0 Å². The molecule has 0 saturated carbocycles. The van der Waals surface area contributed by atoms with E-state index in [1.54, 1.807) is 19.1 Å². The van der Waals surface area contributed by atoms with Crippen LogP contribution in [-0.2, 0) is 15.6 Å². The van der Waals surface area contributed by atoms with Gasteiger partial charge in [-0.3, -0.25) is 9.00 Å². The van der Waals surface area contributed by atoms with Gasteiger partial charge < -0.3 is 11.1 Å². The van der Waals surface area contributed by atoms with Gasteiger partial charge >= 0.3 is 0 Å². The van der Waals surface area contributed by atoms with Gasteiger partial charge in [-0.2, -0.15) is 0 Å². The van der Waals surface area contributed by atoms with Crippen LogP contribution in [0.15, 0.2) is 28.7 Å². The Balaban J connectivity index is 2.44. The number of carbonyl (C=O) groups is 1. The summed E-state index contributed by atoms with van der Waals surface area (Å²) >= 11 is 3.30. The molecule has 0 spiro atoms. The van der Waals surface area contributed by atoms with Crippen LogP contribution >= 0.6 is 15.9 Å². The first-order valence-electron chi connectivity index (χ1n) is 5.13. The van der Waals surface area contributed by atoms with Crippen LogP contribution in [-0.4, -0.2) is 27.7 Å². The topological polar surface area (TPSA) is 72.2 Å². The second kappa shape index (κ2) is 6.88. The zero-order chi connectivity index (χ0) is 12.8. The third-order valence-corrected chi connectivity index (χ3v) is 3.88. The number of nitrogens with two attached hydrogens (primary N) is 1. The summed E-state index contributed by atoms with van der Waals surface area (Å²) in [6, 6.07) is 7.05. The van der Waals surface area contributed by atoms with Crippen molar-refractivity contribution in [2.75, 3.05) is 16.8 Å². The molecule has 0 fully saturated rings. The highest BCUT2D eigenvalue weighted by atomic mass is 79.9. The van der Waals surface area contributed by atoms with Gasteiger partial charge in [0, 0.05) is 32.8 Å². The van der Waals surface area contributed by atoms with Gasteiger partial charge in [0.25, 0.3) is 0 Å². The van der Waals surface area contributed by atoms with Crippen LogP contribution in [0.3, 0.4) is 0 Å². The lowest BCUT2D eigenvalue weighted by molar-refractivity contribution is -0.113. The summed E-state index contributed by atoms with van der Waals surface area (Å²) in [6.07, 6.45) is 0. The fraction of sp³-hybridized carbons (Fsp3) is 0.364. The summed E-state index contributed by atoms with van der Waals surface area (Å²) in [6.45, 7) is 1.77. The normalized spacial score (nSPS) is 14.1. The minimum Gasteiger partial charge on any atom is -0.327 e. The molecule has 94 valence electrons. The van der Waals surface area contributed by atoms with E-state index in [0.29, 0.717) is 11.4 Å². The van der Waals surface area contributed by atoms with E-state index in [-0.39, 0.29) is 17.7 Å². The molecule has 17 heavy (non-hydrogen) atoms. The van der Waals surface area contributed by atoms with Crippen molar-refractivity contribution < 1.29 is 9.00 Å². The number of hydrogen-bond acceptors (Lipinski definition) is 3.